The van der Waals surface area contributed by atoms with Crippen molar-refractivity contribution < 1.29 is 14.2 Å². The van der Waals surface area contributed by atoms with Gasteiger partial charge in [-0.3, -0.25) is 0 Å². The predicted octanol–water partition coefficient (Wildman–Crippen LogP) is 2.74. The van der Waals surface area contributed by atoms with Crippen LogP contribution in [0.4, 0.5) is 0 Å². The van der Waals surface area contributed by atoms with Crippen LogP contribution >= 0.6 is 0 Å². The predicted molar refractivity (Wildman–Crippen MR) is 65.6 cm³/mol. The lowest BCUT2D eigenvalue weighted by Crippen LogP contribution is -2.22. The molecule has 0 aromatic heterocycles. The molecule has 0 spiro atoms. The molecule has 6 heteroatoms. The first kappa shape index (κ1) is 16.2. The molecular formula is C11H23N3O3. The molecule has 0 amide bonds. The van der Waals surface area contributed by atoms with Crippen molar-refractivity contribution in [2.75, 3.05) is 26.4 Å². The summed E-state index contributed by atoms with van der Waals surface area (Å²) in [5.41, 5.74) is 8.37. The second kappa shape index (κ2) is 10.4. The minimum Gasteiger partial charge on any atom is -0.379 e. The topological polar surface area (TPSA) is 76.5 Å². The summed E-state index contributed by atoms with van der Waals surface area (Å²) in [6, 6.07) is 0. The summed E-state index contributed by atoms with van der Waals surface area (Å²) in [6.45, 7) is 9.87. The summed E-state index contributed by atoms with van der Waals surface area (Å²) in [5, 5.41) is 3.51. The summed E-state index contributed by atoms with van der Waals surface area (Å²) in [6.07, 6.45) is -0.489. The van der Waals surface area contributed by atoms with E-state index in [9.17, 15) is 0 Å². The Balaban J connectivity index is 3.66. The fourth-order valence-corrected chi connectivity index (χ4v) is 1.01. The number of rotatable bonds is 10. The molecule has 0 N–H and O–H groups in total. The van der Waals surface area contributed by atoms with Gasteiger partial charge in [-0.05, 0) is 25.3 Å². The van der Waals surface area contributed by atoms with E-state index in [1.807, 2.05) is 13.8 Å². The summed E-state index contributed by atoms with van der Waals surface area (Å²) < 4.78 is 16.0. The van der Waals surface area contributed by atoms with Crippen LogP contribution in [-0.4, -0.2) is 38.8 Å². The molecule has 0 radical (unpaired) electrons. The van der Waals surface area contributed by atoms with Crippen LogP contribution in [0.25, 0.3) is 10.4 Å². The molecule has 0 aliphatic rings. The van der Waals surface area contributed by atoms with Crippen molar-refractivity contribution in [1.29, 1.82) is 0 Å². The van der Waals surface area contributed by atoms with Crippen molar-refractivity contribution in [3.8, 4) is 0 Å². The zero-order valence-corrected chi connectivity index (χ0v) is 11.1. The molecule has 1 atom stereocenters. The Hall–Kier alpha value is -0.810. The van der Waals surface area contributed by atoms with E-state index in [1.54, 1.807) is 0 Å². The van der Waals surface area contributed by atoms with Gasteiger partial charge in [0.25, 0.3) is 0 Å². The molecule has 0 aliphatic heterocycles. The molecule has 0 fully saturated rings. The van der Waals surface area contributed by atoms with Crippen LogP contribution < -0.4 is 0 Å². The van der Waals surface area contributed by atoms with Gasteiger partial charge < -0.3 is 14.2 Å². The van der Waals surface area contributed by atoms with Crippen LogP contribution in [0.5, 0.6) is 0 Å². The Labute approximate surface area is 103 Å². The molecule has 17 heavy (non-hydrogen) atoms. The van der Waals surface area contributed by atoms with Gasteiger partial charge in [0.1, 0.15) is 0 Å². The van der Waals surface area contributed by atoms with Crippen molar-refractivity contribution in [3.63, 3.8) is 0 Å². The summed E-state index contributed by atoms with van der Waals surface area (Å²) in [4.78, 5) is 2.72. The van der Waals surface area contributed by atoms with Gasteiger partial charge in [-0.1, -0.05) is 19.0 Å². The molecule has 0 bridgehead atoms. The standard InChI is InChI=1S/C11H23N3O3/c1-9(2)7-15-5-6-16-11(13-14-12)8-17-10(3)4/h9-11H,5-8H2,1-4H3. The molecule has 6 nitrogen and oxygen atoms in total. The highest BCUT2D eigenvalue weighted by Crippen LogP contribution is 2.00. The van der Waals surface area contributed by atoms with Crippen LogP contribution in [0.1, 0.15) is 27.7 Å². The summed E-state index contributed by atoms with van der Waals surface area (Å²) in [5.74, 6) is 0.507. The number of ether oxygens (including phenoxy) is 3. The minimum absolute atomic E-state index is 0.0900. The molecule has 0 aliphatic carbocycles. The van der Waals surface area contributed by atoms with Crippen molar-refractivity contribution >= 4 is 0 Å². The van der Waals surface area contributed by atoms with Gasteiger partial charge in [0.05, 0.1) is 25.9 Å². The molecule has 0 heterocycles. The Morgan fingerprint density at radius 1 is 1.06 bits per heavy atom. The molecule has 1 unspecified atom stereocenters. The monoisotopic (exact) mass is 245 g/mol. The first-order valence-electron chi connectivity index (χ1n) is 5.91. The van der Waals surface area contributed by atoms with E-state index in [-0.39, 0.29) is 12.7 Å². The zero-order chi connectivity index (χ0) is 13.1. The van der Waals surface area contributed by atoms with E-state index in [1.165, 1.54) is 0 Å². The molecule has 0 rings (SSSR count). The van der Waals surface area contributed by atoms with Crippen molar-refractivity contribution in [1.82, 2.24) is 0 Å². The summed E-state index contributed by atoms with van der Waals surface area (Å²) >= 11 is 0. The second-order valence-electron chi connectivity index (χ2n) is 4.38. The highest BCUT2D eigenvalue weighted by Gasteiger charge is 2.07. The maximum atomic E-state index is 8.37. The van der Waals surface area contributed by atoms with E-state index < -0.39 is 6.23 Å². The Morgan fingerprint density at radius 2 is 1.76 bits per heavy atom. The molecular weight excluding hydrogens is 222 g/mol. The molecule has 0 saturated heterocycles. The number of hydrogen-bond donors (Lipinski definition) is 0. The van der Waals surface area contributed by atoms with Crippen LogP contribution in [0, 0.1) is 5.92 Å². The normalized spacial score (nSPS) is 12.8. The average molecular weight is 245 g/mol. The Kier molecular flexibility index (Phi) is 9.86. The van der Waals surface area contributed by atoms with Crippen molar-refractivity contribution in [3.05, 3.63) is 10.4 Å². The Bertz CT molecular complexity index is 228. The van der Waals surface area contributed by atoms with E-state index in [4.69, 9.17) is 19.7 Å². The SMILES string of the molecule is CC(C)COCCOC(COC(C)C)N=[N+]=[N-]. The van der Waals surface area contributed by atoms with Gasteiger partial charge in [0.15, 0.2) is 6.23 Å². The van der Waals surface area contributed by atoms with E-state index in [0.29, 0.717) is 25.7 Å². The van der Waals surface area contributed by atoms with E-state index in [0.717, 1.165) is 0 Å². The van der Waals surface area contributed by atoms with Gasteiger partial charge in [0.2, 0.25) is 0 Å². The third-order valence-corrected chi connectivity index (χ3v) is 1.74. The summed E-state index contributed by atoms with van der Waals surface area (Å²) in [7, 11) is 0. The van der Waals surface area contributed by atoms with Crippen LogP contribution in [0.15, 0.2) is 5.11 Å². The smallest absolute Gasteiger partial charge is 0.159 e. The zero-order valence-electron chi connectivity index (χ0n) is 11.1. The number of nitrogens with zero attached hydrogens (tertiary/aromatic N) is 3. The lowest BCUT2D eigenvalue weighted by molar-refractivity contribution is -0.0499. The molecule has 0 aromatic carbocycles. The average Bonchev–Trinajstić information content (AvgIpc) is 2.24. The quantitative estimate of drug-likeness (QED) is 0.257. The highest BCUT2D eigenvalue weighted by atomic mass is 16.6. The first-order chi connectivity index (χ1) is 8.06. The van der Waals surface area contributed by atoms with Gasteiger partial charge >= 0.3 is 0 Å². The fourth-order valence-electron chi connectivity index (χ4n) is 1.01. The van der Waals surface area contributed by atoms with Crippen LogP contribution in [0.2, 0.25) is 0 Å². The Morgan fingerprint density at radius 3 is 2.29 bits per heavy atom. The molecule has 0 aromatic rings. The van der Waals surface area contributed by atoms with Gasteiger partial charge in [0, 0.05) is 11.5 Å². The third-order valence-electron chi connectivity index (χ3n) is 1.74. The maximum Gasteiger partial charge on any atom is 0.159 e. The maximum absolute atomic E-state index is 8.37. The molecule has 100 valence electrons. The van der Waals surface area contributed by atoms with Gasteiger partial charge in [-0.2, -0.15) is 0 Å². The molecule has 0 saturated carbocycles. The van der Waals surface area contributed by atoms with Gasteiger partial charge in [-0.15, -0.1) is 0 Å². The number of azide groups is 1. The van der Waals surface area contributed by atoms with Crippen molar-refractivity contribution in [2.45, 2.75) is 40.0 Å². The highest BCUT2D eigenvalue weighted by molar-refractivity contribution is 4.56. The third kappa shape index (κ3) is 11.5. The number of hydrogen-bond acceptors (Lipinski definition) is 4. The van der Waals surface area contributed by atoms with Crippen molar-refractivity contribution in [2.24, 2.45) is 11.0 Å². The van der Waals surface area contributed by atoms with E-state index in [2.05, 4.69) is 23.9 Å². The lowest BCUT2D eigenvalue weighted by Gasteiger charge is -2.15. The second-order valence-corrected chi connectivity index (χ2v) is 4.38. The lowest BCUT2D eigenvalue weighted by atomic mass is 10.2. The largest absolute Gasteiger partial charge is 0.379 e. The minimum atomic E-state index is -0.579. The van der Waals surface area contributed by atoms with Crippen LogP contribution in [-0.2, 0) is 14.2 Å². The van der Waals surface area contributed by atoms with Gasteiger partial charge in [-0.25, -0.2) is 0 Å². The van der Waals surface area contributed by atoms with E-state index >= 15 is 0 Å². The van der Waals surface area contributed by atoms with Crippen LogP contribution in [0.3, 0.4) is 0 Å². The first-order valence-corrected chi connectivity index (χ1v) is 5.91. The fraction of sp³-hybridized carbons (Fsp3) is 1.00.